The van der Waals surface area contributed by atoms with Crippen molar-refractivity contribution in [3.05, 3.63) is 42.5 Å². The number of rotatable bonds is 14. The van der Waals surface area contributed by atoms with Crippen molar-refractivity contribution in [1.29, 1.82) is 0 Å². The quantitative estimate of drug-likeness (QED) is 0.173. The Morgan fingerprint density at radius 2 is 1.91 bits per heavy atom. The Kier molecular flexibility index (Phi) is 10.3. The highest BCUT2D eigenvalue weighted by atomic mass is 32.1. The van der Waals surface area contributed by atoms with Gasteiger partial charge in [0.05, 0.1) is 18.8 Å². The van der Waals surface area contributed by atoms with E-state index in [9.17, 15) is 4.79 Å². The first-order valence-electron chi connectivity index (χ1n) is 11.7. The fraction of sp³-hybridized carbons (Fsp3) is 0.600. The van der Waals surface area contributed by atoms with E-state index in [0.717, 1.165) is 37.9 Å². The van der Waals surface area contributed by atoms with Gasteiger partial charge in [-0.2, -0.15) is 0 Å². The average molecular weight is 462 g/mol. The van der Waals surface area contributed by atoms with E-state index in [4.69, 9.17) is 31.5 Å². The lowest BCUT2D eigenvalue weighted by Crippen LogP contribution is -2.28. The van der Waals surface area contributed by atoms with Gasteiger partial charge in [0.1, 0.15) is 5.75 Å². The van der Waals surface area contributed by atoms with Crippen LogP contribution in [0.3, 0.4) is 0 Å². The lowest BCUT2D eigenvalue weighted by Gasteiger charge is -2.27. The molecule has 0 aliphatic carbocycles. The zero-order chi connectivity index (χ0) is 22.6. The summed E-state index contributed by atoms with van der Waals surface area (Å²) in [6, 6.07) is 9.59. The number of para-hydroxylation sites is 1. The number of carbonyl (C=O) groups is 1. The van der Waals surface area contributed by atoms with Gasteiger partial charge >= 0.3 is 5.97 Å². The molecule has 0 radical (unpaired) electrons. The third-order valence-electron chi connectivity index (χ3n) is 6.29. The van der Waals surface area contributed by atoms with E-state index in [2.05, 4.69) is 17.5 Å². The van der Waals surface area contributed by atoms with E-state index in [-0.39, 0.29) is 13.2 Å². The Labute approximate surface area is 196 Å². The monoisotopic (exact) mass is 461 g/mol. The lowest BCUT2D eigenvalue weighted by atomic mass is 9.75. The van der Waals surface area contributed by atoms with E-state index < -0.39 is 5.97 Å². The Hall–Kier alpha value is -2.12. The van der Waals surface area contributed by atoms with E-state index >= 15 is 0 Å². The van der Waals surface area contributed by atoms with Gasteiger partial charge in [0.15, 0.2) is 6.73 Å². The fourth-order valence-electron chi connectivity index (χ4n) is 4.73. The predicted molar refractivity (Wildman–Crippen MR) is 128 cm³/mol. The molecule has 0 amide bonds. The summed E-state index contributed by atoms with van der Waals surface area (Å²) in [5, 5.41) is 12.0. The second-order valence-electron chi connectivity index (χ2n) is 8.52. The highest BCUT2D eigenvalue weighted by molar-refractivity contribution is 7.80. The van der Waals surface area contributed by atoms with Crippen molar-refractivity contribution in [2.75, 3.05) is 13.3 Å². The van der Waals surface area contributed by atoms with Crippen LogP contribution >= 0.6 is 12.2 Å². The molecule has 4 atom stereocenters. The molecule has 2 heterocycles. The van der Waals surface area contributed by atoms with Gasteiger partial charge in [0.25, 0.3) is 5.17 Å². The van der Waals surface area contributed by atoms with Crippen LogP contribution in [0.5, 0.6) is 5.75 Å². The standard InChI is InChI=1S/C25H35NO5S/c27-24(28)14-7-2-1-6-12-20-21(23-16-15-22(20)31-23)13-8-9-17-29-25(32)26-18-30-19-10-4-3-5-11-19/h1,3-6,10-11,20-23H,2,7-9,12-18H2,(H,26,32)(H,27,28)/t20-,21+,22-,23+/m1/s1. The van der Waals surface area contributed by atoms with Crippen molar-refractivity contribution in [1.82, 2.24) is 5.32 Å². The molecule has 2 aliphatic heterocycles. The number of aliphatic carboxylic acids is 1. The summed E-state index contributed by atoms with van der Waals surface area (Å²) in [5.41, 5.74) is 0. The maximum atomic E-state index is 10.6. The summed E-state index contributed by atoms with van der Waals surface area (Å²) in [5.74, 6) is 1.27. The molecule has 2 saturated heterocycles. The van der Waals surface area contributed by atoms with Gasteiger partial charge in [0, 0.05) is 6.42 Å². The van der Waals surface area contributed by atoms with E-state index in [0.29, 0.717) is 42.2 Å². The first kappa shape index (κ1) is 24.5. The number of hydrogen-bond acceptors (Lipinski definition) is 5. The number of carboxylic acid groups (broad SMARTS) is 1. The largest absolute Gasteiger partial charge is 0.481 e. The minimum absolute atomic E-state index is 0.241. The summed E-state index contributed by atoms with van der Waals surface area (Å²) < 4.78 is 17.4. The molecule has 0 saturated carbocycles. The molecule has 1 aromatic carbocycles. The maximum absolute atomic E-state index is 10.6. The Morgan fingerprint density at radius 1 is 1.12 bits per heavy atom. The van der Waals surface area contributed by atoms with E-state index in [1.54, 1.807) is 0 Å². The van der Waals surface area contributed by atoms with Crippen LogP contribution in [-0.2, 0) is 14.3 Å². The summed E-state index contributed by atoms with van der Waals surface area (Å²) in [4.78, 5) is 10.6. The van der Waals surface area contributed by atoms with Gasteiger partial charge in [-0.05, 0) is 87.6 Å². The molecular formula is C25H35NO5S. The molecule has 2 N–H and O–H groups in total. The van der Waals surface area contributed by atoms with E-state index in [1.165, 1.54) is 12.8 Å². The topological polar surface area (TPSA) is 77.0 Å². The molecule has 0 unspecified atom stereocenters. The zero-order valence-electron chi connectivity index (χ0n) is 18.6. The molecule has 176 valence electrons. The number of ether oxygens (including phenoxy) is 3. The minimum atomic E-state index is -0.721. The van der Waals surface area contributed by atoms with Gasteiger partial charge in [0.2, 0.25) is 0 Å². The van der Waals surface area contributed by atoms with Crippen LogP contribution in [-0.4, -0.2) is 41.8 Å². The fourth-order valence-corrected chi connectivity index (χ4v) is 4.87. The second kappa shape index (κ2) is 13.4. The third-order valence-corrected chi connectivity index (χ3v) is 6.55. The van der Waals surface area contributed by atoms with Crippen molar-refractivity contribution in [3.63, 3.8) is 0 Å². The van der Waals surface area contributed by atoms with Crippen LogP contribution < -0.4 is 10.1 Å². The molecule has 3 rings (SSSR count). The summed E-state index contributed by atoms with van der Waals surface area (Å²) >= 11 is 5.21. The van der Waals surface area contributed by atoms with Crippen LogP contribution in [0.1, 0.15) is 57.8 Å². The molecule has 32 heavy (non-hydrogen) atoms. The lowest BCUT2D eigenvalue weighted by molar-refractivity contribution is -0.137. The van der Waals surface area contributed by atoms with E-state index in [1.807, 2.05) is 30.3 Å². The van der Waals surface area contributed by atoms with Gasteiger partial charge in [-0.3, -0.25) is 4.79 Å². The first-order chi connectivity index (χ1) is 15.6. The van der Waals surface area contributed by atoms with Gasteiger partial charge < -0.3 is 24.6 Å². The highest BCUT2D eigenvalue weighted by Gasteiger charge is 2.47. The van der Waals surface area contributed by atoms with Crippen LogP contribution in [0.4, 0.5) is 0 Å². The summed E-state index contributed by atoms with van der Waals surface area (Å²) in [6.07, 6.45) is 13.5. The highest BCUT2D eigenvalue weighted by Crippen LogP contribution is 2.47. The molecule has 6 nitrogen and oxygen atoms in total. The van der Waals surface area contributed by atoms with Crippen molar-refractivity contribution in [2.24, 2.45) is 11.8 Å². The number of carboxylic acids is 1. The van der Waals surface area contributed by atoms with Crippen molar-refractivity contribution in [3.8, 4) is 5.75 Å². The zero-order valence-corrected chi connectivity index (χ0v) is 19.4. The average Bonchev–Trinajstić information content (AvgIpc) is 3.38. The predicted octanol–water partition coefficient (Wildman–Crippen LogP) is 5.08. The normalized spacial score (nSPS) is 24.0. The first-order valence-corrected chi connectivity index (χ1v) is 12.1. The third kappa shape index (κ3) is 8.10. The SMILES string of the molecule is O=C(O)CCCC=CC[C@@H]1[C@H](CCCCOC(=S)NCOc2ccccc2)[C@@H]2CC[C@H]1O2. The Morgan fingerprint density at radius 3 is 2.69 bits per heavy atom. The molecule has 2 fully saturated rings. The number of hydrogen-bond donors (Lipinski definition) is 2. The van der Waals surface area contributed by atoms with Gasteiger partial charge in [-0.1, -0.05) is 30.4 Å². The minimum Gasteiger partial charge on any atom is -0.481 e. The van der Waals surface area contributed by atoms with Crippen molar-refractivity contribution >= 4 is 23.4 Å². The molecule has 0 aromatic heterocycles. The molecule has 1 aromatic rings. The number of thiocarbonyl (C=S) groups is 1. The Bertz CT molecular complexity index is 741. The number of nitrogens with one attached hydrogen (secondary N) is 1. The Balaban J connectivity index is 1.26. The van der Waals surface area contributed by atoms with Crippen LogP contribution in [0.25, 0.3) is 0 Å². The molecule has 0 spiro atoms. The second-order valence-corrected chi connectivity index (χ2v) is 8.89. The van der Waals surface area contributed by atoms with Crippen LogP contribution in [0.15, 0.2) is 42.5 Å². The molecule has 2 bridgehead atoms. The maximum Gasteiger partial charge on any atom is 0.303 e. The molecular weight excluding hydrogens is 426 g/mol. The summed E-state index contributed by atoms with van der Waals surface area (Å²) in [6.45, 7) is 0.893. The number of allylic oxidation sites excluding steroid dienone is 2. The van der Waals surface area contributed by atoms with Crippen LogP contribution in [0, 0.1) is 11.8 Å². The van der Waals surface area contributed by atoms with Crippen molar-refractivity contribution < 1.29 is 24.1 Å². The summed E-state index contributed by atoms with van der Waals surface area (Å²) in [7, 11) is 0. The van der Waals surface area contributed by atoms with Crippen LogP contribution in [0.2, 0.25) is 0 Å². The van der Waals surface area contributed by atoms with Gasteiger partial charge in [-0.25, -0.2) is 0 Å². The smallest absolute Gasteiger partial charge is 0.303 e. The molecule has 7 heteroatoms. The number of unbranched alkanes of at least 4 members (excludes halogenated alkanes) is 2. The number of benzene rings is 1. The van der Waals surface area contributed by atoms with Gasteiger partial charge in [-0.15, -0.1) is 0 Å². The number of fused-ring (bicyclic) bond motifs is 2. The van der Waals surface area contributed by atoms with Crippen molar-refractivity contribution in [2.45, 2.75) is 70.0 Å². The molecule has 2 aliphatic rings.